The molecule has 0 spiro atoms. The van der Waals surface area contributed by atoms with Crippen molar-refractivity contribution in [2.45, 2.75) is 19.8 Å². The van der Waals surface area contributed by atoms with E-state index in [1.165, 1.54) is 6.07 Å². The minimum absolute atomic E-state index is 0.168. The molecule has 1 rings (SSSR count). The number of carbonyl (C=O) groups excluding carboxylic acids is 1. The van der Waals surface area contributed by atoms with Crippen molar-refractivity contribution in [2.75, 3.05) is 18.9 Å². The van der Waals surface area contributed by atoms with Crippen LogP contribution in [0.2, 0.25) is 0 Å². The van der Waals surface area contributed by atoms with E-state index < -0.39 is 5.82 Å². The topological polar surface area (TPSA) is 64.3 Å². The average molecular weight is 319 g/mol. The Balaban J connectivity index is 2.48. The van der Waals surface area contributed by atoms with Gasteiger partial charge in [0.15, 0.2) is 6.61 Å². The van der Waals surface area contributed by atoms with Crippen LogP contribution >= 0.6 is 15.9 Å². The van der Waals surface area contributed by atoms with Crippen molar-refractivity contribution in [3.8, 4) is 5.75 Å². The normalized spacial score (nSPS) is 10.2. The van der Waals surface area contributed by atoms with Gasteiger partial charge in [-0.15, -0.1) is 0 Å². The van der Waals surface area contributed by atoms with Crippen molar-refractivity contribution in [3.63, 3.8) is 0 Å². The van der Waals surface area contributed by atoms with E-state index in [0.29, 0.717) is 6.54 Å². The van der Waals surface area contributed by atoms with E-state index in [1.54, 1.807) is 0 Å². The van der Waals surface area contributed by atoms with Crippen LogP contribution in [0.15, 0.2) is 16.6 Å². The van der Waals surface area contributed by atoms with Crippen LogP contribution in [0.3, 0.4) is 0 Å². The number of anilines is 1. The quantitative estimate of drug-likeness (QED) is 0.625. The Morgan fingerprint density at radius 2 is 2.28 bits per heavy atom. The standard InChI is InChI=1S/C12H16BrFN2O2/c1-2-3-4-16-12(17)7-18-11-6-9(14)8(13)5-10(11)15/h5-6H,2-4,7,15H2,1H3,(H,16,17). The molecule has 0 unspecified atom stereocenters. The monoisotopic (exact) mass is 318 g/mol. The summed E-state index contributed by atoms with van der Waals surface area (Å²) in [5, 5.41) is 2.69. The number of hydrogen-bond donors (Lipinski definition) is 2. The molecule has 0 aliphatic heterocycles. The lowest BCUT2D eigenvalue weighted by Gasteiger charge is -2.10. The van der Waals surface area contributed by atoms with Crippen molar-refractivity contribution >= 4 is 27.5 Å². The van der Waals surface area contributed by atoms with Crippen molar-refractivity contribution in [1.29, 1.82) is 0 Å². The van der Waals surface area contributed by atoms with Crippen LogP contribution in [0.5, 0.6) is 5.75 Å². The lowest BCUT2D eigenvalue weighted by Crippen LogP contribution is -2.29. The molecule has 1 amide bonds. The first kappa shape index (κ1) is 14.8. The smallest absolute Gasteiger partial charge is 0.257 e. The average Bonchev–Trinajstić information content (AvgIpc) is 2.32. The van der Waals surface area contributed by atoms with Crippen molar-refractivity contribution in [2.24, 2.45) is 0 Å². The number of nitrogens with one attached hydrogen (secondary N) is 1. The van der Waals surface area contributed by atoms with Gasteiger partial charge in [0.1, 0.15) is 11.6 Å². The number of rotatable bonds is 6. The molecule has 6 heteroatoms. The van der Waals surface area contributed by atoms with Gasteiger partial charge in [0.05, 0.1) is 10.2 Å². The Hall–Kier alpha value is -1.30. The van der Waals surface area contributed by atoms with E-state index in [0.717, 1.165) is 18.9 Å². The Labute approximate surface area is 114 Å². The Kier molecular flexibility index (Phi) is 5.91. The van der Waals surface area contributed by atoms with Gasteiger partial charge in [-0.25, -0.2) is 4.39 Å². The van der Waals surface area contributed by atoms with Crippen LogP contribution in [0.1, 0.15) is 19.8 Å². The highest BCUT2D eigenvalue weighted by atomic mass is 79.9. The molecule has 0 saturated heterocycles. The van der Waals surface area contributed by atoms with Crippen molar-refractivity contribution in [3.05, 3.63) is 22.4 Å². The lowest BCUT2D eigenvalue weighted by atomic mass is 10.3. The number of unbranched alkanes of at least 4 members (excludes halogenated alkanes) is 1. The van der Waals surface area contributed by atoms with Crippen molar-refractivity contribution in [1.82, 2.24) is 5.32 Å². The molecule has 4 nitrogen and oxygen atoms in total. The maximum absolute atomic E-state index is 13.2. The molecule has 0 aliphatic rings. The van der Waals surface area contributed by atoms with Gasteiger partial charge < -0.3 is 15.8 Å². The highest BCUT2D eigenvalue weighted by molar-refractivity contribution is 9.10. The SMILES string of the molecule is CCCCNC(=O)COc1cc(F)c(Br)cc1N. The van der Waals surface area contributed by atoms with Crippen LogP contribution in [0.25, 0.3) is 0 Å². The van der Waals surface area contributed by atoms with Crippen LogP contribution < -0.4 is 15.8 Å². The van der Waals surface area contributed by atoms with Crippen molar-refractivity contribution < 1.29 is 13.9 Å². The van der Waals surface area contributed by atoms with E-state index in [4.69, 9.17) is 10.5 Å². The van der Waals surface area contributed by atoms with Gasteiger partial charge in [-0.05, 0) is 28.4 Å². The number of nitrogen functional groups attached to an aromatic ring is 1. The molecule has 18 heavy (non-hydrogen) atoms. The molecule has 0 heterocycles. The summed E-state index contributed by atoms with van der Waals surface area (Å²) in [5.74, 6) is -0.557. The van der Waals surface area contributed by atoms with Crippen LogP contribution in [0.4, 0.5) is 10.1 Å². The van der Waals surface area contributed by atoms with E-state index in [1.807, 2.05) is 6.92 Å². The summed E-state index contributed by atoms with van der Waals surface area (Å²) in [6, 6.07) is 2.55. The highest BCUT2D eigenvalue weighted by Crippen LogP contribution is 2.28. The molecule has 1 aromatic carbocycles. The number of hydrogen-bond acceptors (Lipinski definition) is 3. The Morgan fingerprint density at radius 1 is 1.56 bits per heavy atom. The van der Waals surface area contributed by atoms with Gasteiger partial charge in [-0.3, -0.25) is 4.79 Å². The molecular weight excluding hydrogens is 303 g/mol. The van der Waals surface area contributed by atoms with E-state index >= 15 is 0 Å². The summed E-state index contributed by atoms with van der Waals surface area (Å²) in [5.41, 5.74) is 5.93. The zero-order chi connectivity index (χ0) is 13.5. The predicted octanol–water partition coefficient (Wildman–Crippen LogP) is 2.47. The summed E-state index contributed by atoms with van der Waals surface area (Å²) < 4.78 is 18.7. The number of halogens is 2. The minimum atomic E-state index is -0.481. The number of ether oxygens (including phenoxy) is 1. The number of carbonyl (C=O) groups is 1. The molecule has 0 radical (unpaired) electrons. The summed E-state index contributed by atoms with van der Waals surface area (Å²) in [6.45, 7) is 2.48. The molecule has 0 aliphatic carbocycles. The summed E-state index contributed by atoms with van der Waals surface area (Å²) >= 11 is 3.01. The molecule has 1 aromatic rings. The van der Waals surface area contributed by atoms with E-state index in [2.05, 4.69) is 21.2 Å². The number of benzene rings is 1. The fraction of sp³-hybridized carbons (Fsp3) is 0.417. The second-order valence-corrected chi connectivity index (χ2v) is 4.65. The second kappa shape index (κ2) is 7.20. The van der Waals surface area contributed by atoms with Gasteiger partial charge in [0.25, 0.3) is 5.91 Å². The Morgan fingerprint density at radius 3 is 2.94 bits per heavy atom. The first-order valence-electron chi connectivity index (χ1n) is 5.68. The molecular formula is C12H16BrFN2O2. The third-order valence-corrected chi connectivity index (χ3v) is 2.87. The highest BCUT2D eigenvalue weighted by Gasteiger charge is 2.09. The lowest BCUT2D eigenvalue weighted by molar-refractivity contribution is -0.123. The minimum Gasteiger partial charge on any atom is -0.482 e. The van der Waals surface area contributed by atoms with Gasteiger partial charge in [0, 0.05) is 12.6 Å². The zero-order valence-corrected chi connectivity index (χ0v) is 11.7. The van der Waals surface area contributed by atoms with Gasteiger partial charge in [-0.1, -0.05) is 13.3 Å². The molecule has 100 valence electrons. The molecule has 0 bridgehead atoms. The third-order valence-electron chi connectivity index (χ3n) is 2.26. The zero-order valence-electron chi connectivity index (χ0n) is 10.1. The van der Waals surface area contributed by atoms with Gasteiger partial charge >= 0.3 is 0 Å². The fourth-order valence-corrected chi connectivity index (χ4v) is 1.63. The van der Waals surface area contributed by atoms with Crippen LogP contribution in [-0.4, -0.2) is 19.1 Å². The maximum Gasteiger partial charge on any atom is 0.257 e. The molecule has 0 fully saturated rings. The largest absolute Gasteiger partial charge is 0.482 e. The molecule has 0 saturated carbocycles. The van der Waals surface area contributed by atoms with Crippen LogP contribution in [0, 0.1) is 5.82 Å². The predicted molar refractivity (Wildman–Crippen MR) is 71.9 cm³/mol. The maximum atomic E-state index is 13.2. The summed E-state index contributed by atoms with van der Waals surface area (Å²) in [6.07, 6.45) is 1.92. The first-order valence-corrected chi connectivity index (χ1v) is 6.48. The van der Waals surface area contributed by atoms with Gasteiger partial charge in [0.2, 0.25) is 0 Å². The second-order valence-electron chi connectivity index (χ2n) is 3.80. The van der Waals surface area contributed by atoms with Crippen LogP contribution in [-0.2, 0) is 4.79 Å². The molecule has 3 N–H and O–H groups in total. The first-order chi connectivity index (χ1) is 8.54. The van der Waals surface area contributed by atoms with E-state index in [9.17, 15) is 9.18 Å². The Bertz CT molecular complexity index is 427. The fourth-order valence-electron chi connectivity index (χ4n) is 1.27. The summed E-state index contributed by atoms with van der Waals surface area (Å²) in [4.78, 5) is 11.4. The van der Waals surface area contributed by atoms with Gasteiger partial charge in [-0.2, -0.15) is 0 Å². The third kappa shape index (κ3) is 4.52. The number of nitrogens with two attached hydrogens (primary N) is 1. The van der Waals surface area contributed by atoms with E-state index in [-0.39, 0.29) is 28.4 Å². The molecule has 0 atom stereocenters. The number of amides is 1. The summed E-state index contributed by atoms with van der Waals surface area (Å²) in [7, 11) is 0. The molecule has 0 aromatic heterocycles.